The minimum absolute atomic E-state index is 0.114. The van der Waals surface area contributed by atoms with Crippen molar-refractivity contribution in [1.82, 2.24) is 14.3 Å². The van der Waals surface area contributed by atoms with Crippen LogP contribution in [0, 0.1) is 20.8 Å². The van der Waals surface area contributed by atoms with Crippen LogP contribution in [-0.4, -0.2) is 20.3 Å². The predicted molar refractivity (Wildman–Crippen MR) is 113 cm³/mol. The van der Waals surface area contributed by atoms with Crippen molar-refractivity contribution in [3.63, 3.8) is 0 Å². The molecule has 0 spiro atoms. The van der Waals surface area contributed by atoms with Crippen LogP contribution in [-0.2, 0) is 7.05 Å². The number of nitrogens with one attached hydrogen (secondary N) is 1. The van der Waals surface area contributed by atoms with E-state index < -0.39 is 0 Å². The molecule has 0 saturated carbocycles. The van der Waals surface area contributed by atoms with Crippen LogP contribution in [0.25, 0.3) is 11.1 Å². The number of amides is 1. The summed E-state index contributed by atoms with van der Waals surface area (Å²) in [5.74, 6) is 0.588. The van der Waals surface area contributed by atoms with Gasteiger partial charge in [0.15, 0.2) is 0 Å². The molecular formula is C21H25BrN4O. The summed E-state index contributed by atoms with van der Waals surface area (Å²) in [4.78, 5) is 13.0. The highest BCUT2D eigenvalue weighted by molar-refractivity contribution is 9.10. The van der Waals surface area contributed by atoms with Crippen LogP contribution in [0.2, 0.25) is 0 Å². The maximum Gasteiger partial charge on any atom is 0.258 e. The standard InChI is InChI=1S/C21H25BrN4O/c1-12(2)26-13(3)11-18(15(26)5)21(27)23-20-19(14(4)24-25(20)6)16-7-9-17(22)10-8-16/h7-12H,1-6H3,(H,23,27). The molecule has 1 aromatic carbocycles. The van der Waals surface area contributed by atoms with Gasteiger partial charge in [-0.05, 0) is 58.4 Å². The smallest absolute Gasteiger partial charge is 0.258 e. The monoisotopic (exact) mass is 428 g/mol. The Labute approximate surface area is 168 Å². The number of rotatable bonds is 4. The molecule has 0 aliphatic rings. The van der Waals surface area contributed by atoms with E-state index in [-0.39, 0.29) is 5.91 Å². The molecule has 0 bridgehead atoms. The van der Waals surface area contributed by atoms with Gasteiger partial charge in [-0.3, -0.25) is 9.48 Å². The molecule has 3 rings (SSSR count). The Hall–Kier alpha value is -2.34. The van der Waals surface area contributed by atoms with Gasteiger partial charge in [0.25, 0.3) is 5.91 Å². The van der Waals surface area contributed by atoms with E-state index in [1.54, 1.807) is 4.68 Å². The van der Waals surface area contributed by atoms with E-state index in [0.29, 0.717) is 17.4 Å². The van der Waals surface area contributed by atoms with Gasteiger partial charge >= 0.3 is 0 Å². The largest absolute Gasteiger partial charge is 0.346 e. The number of nitrogens with zero attached hydrogens (tertiary/aromatic N) is 3. The SMILES string of the molecule is Cc1nn(C)c(NC(=O)c2cc(C)n(C(C)C)c2C)c1-c1ccc(Br)cc1. The summed E-state index contributed by atoms with van der Waals surface area (Å²) in [6.45, 7) is 10.2. The van der Waals surface area contributed by atoms with Gasteiger partial charge in [-0.25, -0.2) is 0 Å². The third kappa shape index (κ3) is 3.58. The molecule has 0 saturated heterocycles. The number of anilines is 1. The summed E-state index contributed by atoms with van der Waals surface area (Å²) in [7, 11) is 1.85. The van der Waals surface area contributed by atoms with E-state index in [1.807, 2.05) is 58.2 Å². The molecule has 0 unspecified atom stereocenters. The fourth-order valence-corrected chi connectivity index (χ4v) is 4.00. The van der Waals surface area contributed by atoms with Crippen molar-refractivity contribution < 1.29 is 4.79 Å². The van der Waals surface area contributed by atoms with Crippen molar-refractivity contribution in [3.05, 3.63) is 57.4 Å². The summed E-state index contributed by atoms with van der Waals surface area (Å²) in [5.41, 5.74) is 5.60. The minimum atomic E-state index is -0.114. The first kappa shape index (κ1) is 19.4. The lowest BCUT2D eigenvalue weighted by atomic mass is 10.1. The number of hydrogen-bond acceptors (Lipinski definition) is 2. The van der Waals surface area contributed by atoms with Gasteiger partial charge in [-0.1, -0.05) is 28.1 Å². The first-order chi connectivity index (χ1) is 12.7. The lowest BCUT2D eigenvalue weighted by molar-refractivity contribution is 0.102. The average Bonchev–Trinajstić information content (AvgIpc) is 3.04. The van der Waals surface area contributed by atoms with Crippen LogP contribution in [0.4, 0.5) is 5.82 Å². The van der Waals surface area contributed by atoms with Gasteiger partial charge in [-0.2, -0.15) is 5.10 Å². The quantitative estimate of drug-likeness (QED) is 0.603. The van der Waals surface area contributed by atoms with Crippen molar-refractivity contribution in [1.29, 1.82) is 0 Å². The van der Waals surface area contributed by atoms with Crippen LogP contribution in [0.5, 0.6) is 0 Å². The lowest BCUT2D eigenvalue weighted by Gasteiger charge is -2.14. The highest BCUT2D eigenvalue weighted by Gasteiger charge is 2.21. The number of halogens is 1. The van der Waals surface area contributed by atoms with Gasteiger partial charge < -0.3 is 9.88 Å². The molecule has 142 valence electrons. The zero-order valence-corrected chi connectivity index (χ0v) is 18.2. The number of aromatic nitrogens is 3. The summed E-state index contributed by atoms with van der Waals surface area (Å²) < 4.78 is 4.92. The molecule has 1 amide bonds. The molecule has 1 N–H and O–H groups in total. The second-order valence-electron chi connectivity index (χ2n) is 7.14. The van der Waals surface area contributed by atoms with Crippen LogP contribution >= 0.6 is 15.9 Å². The van der Waals surface area contributed by atoms with Gasteiger partial charge in [-0.15, -0.1) is 0 Å². The fraction of sp³-hybridized carbons (Fsp3) is 0.333. The Morgan fingerprint density at radius 2 is 1.78 bits per heavy atom. The highest BCUT2D eigenvalue weighted by atomic mass is 79.9. The first-order valence-electron chi connectivity index (χ1n) is 9.00. The molecule has 6 heteroatoms. The first-order valence-corrected chi connectivity index (χ1v) is 9.79. The minimum Gasteiger partial charge on any atom is -0.346 e. The molecule has 2 heterocycles. The van der Waals surface area contributed by atoms with Crippen molar-refractivity contribution in [2.75, 3.05) is 5.32 Å². The van der Waals surface area contributed by atoms with Gasteiger partial charge in [0, 0.05) is 34.5 Å². The molecule has 3 aromatic rings. The maximum absolute atomic E-state index is 13.0. The Bertz CT molecular complexity index is 996. The van der Waals surface area contributed by atoms with Crippen LogP contribution < -0.4 is 5.32 Å². The summed E-state index contributed by atoms with van der Waals surface area (Å²) in [6, 6.07) is 10.3. The highest BCUT2D eigenvalue weighted by Crippen LogP contribution is 2.32. The molecule has 0 aliphatic carbocycles. The molecular weight excluding hydrogens is 404 g/mol. The van der Waals surface area contributed by atoms with Gasteiger partial charge in [0.05, 0.1) is 11.3 Å². The molecule has 0 aliphatic heterocycles. The van der Waals surface area contributed by atoms with E-state index in [9.17, 15) is 4.79 Å². The zero-order chi connectivity index (χ0) is 19.9. The summed E-state index contributed by atoms with van der Waals surface area (Å²) >= 11 is 3.47. The fourth-order valence-electron chi connectivity index (χ4n) is 3.74. The van der Waals surface area contributed by atoms with E-state index in [2.05, 4.69) is 44.8 Å². The van der Waals surface area contributed by atoms with Crippen LogP contribution in [0.1, 0.15) is 47.3 Å². The van der Waals surface area contributed by atoms with E-state index in [0.717, 1.165) is 32.7 Å². The van der Waals surface area contributed by atoms with Gasteiger partial charge in [0.2, 0.25) is 0 Å². The topological polar surface area (TPSA) is 51.9 Å². The molecule has 0 atom stereocenters. The number of aryl methyl sites for hydroxylation is 3. The predicted octanol–water partition coefficient (Wildman–Crippen LogP) is 5.41. The Morgan fingerprint density at radius 1 is 1.15 bits per heavy atom. The van der Waals surface area contributed by atoms with E-state index in [1.165, 1.54) is 0 Å². The van der Waals surface area contributed by atoms with Crippen molar-refractivity contribution in [3.8, 4) is 11.1 Å². The Balaban J connectivity index is 2.01. The number of hydrogen-bond donors (Lipinski definition) is 1. The van der Waals surface area contributed by atoms with E-state index in [4.69, 9.17) is 0 Å². The number of carbonyl (C=O) groups excluding carboxylic acids is 1. The average molecular weight is 429 g/mol. The second kappa shape index (κ2) is 7.35. The van der Waals surface area contributed by atoms with Gasteiger partial charge in [0.1, 0.15) is 5.82 Å². The Morgan fingerprint density at radius 3 is 2.33 bits per heavy atom. The zero-order valence-electron chi connectivity index (χ0n) is 16.6. The molecule has 2 aromatic heterocycles. The van der Waals surface area contributed by atoms with Crippen molar-refractivity contribution >= 4 is 27.7 Å². The molecule has 0 radical (unpaired) electrons. The number of benzene rings is 1. The van der Waals surface area contributed by atoms with Crippen LogP contribution in [0.3, 0.4) is 0 Å². The Kier molecular flexibility index (Phi) is 5.29. The molecule has 0 fully saturated rings. The molecule has 5 nitrogen and oxygen atoms in total. The van der Waals surface area contributed by atoms with E-state index >= 15 is 0 Å². The normalized spacial score (nSPS) is 11.3. The summed E-state index contributed by atoms with van der Waals surface area (Å²) in [6.07, 6.45) is 0. The lowest BCUT2D eigenvalue weighted by Crippen LogP contribution is -2.16. The third-order valence-electron chi connectivity index (χ3n) is 4.83. The molecule has 27 heavy (non-hydrogen) atoms. The second-order valence-corrected chi connectivity index (χ2v) is 8.06. The van der Waals surface area contributed by atoms with Crippen molar-refractivity contribution in [2.24, 2.45) is 7.05 Å². The summed E-state index contributed by atoms with van der Waals surface area (Å²) in [5, 5.41) is 7.60. The number of carbonyl (C=O) groups is 1. The van der Waals surface area contributed by atoms with Crippen LogP contribution in [0.15, 0.2) is 34.8 Å². The third-order valence-corrected chi connectivity index (χ3v) is 5.36. The van der Waals surface area contributed by atoms with Crippen molar-refractivity contribution in [2.45, 2.75) is 40.7 Å². The maximum atomic E-state index is 13.0.